The number of nitrogens with two attached hydrogens (primary N) is 1. The molecule has 0 atom stereocenters. The number of benzene rings is 3. The van der Waals surface area contributed by atoms with Gasteiger partial charge in [0.05, 0.1) is 7.11 Å². The zero-order chi connectivity index (χ0) is 17.6. The van der Waals surface area contributed by atoms with Crippen molar-refractivity contribution in [1.29, 1.82) is 0 Å². The first kappa shape index (κ1) is 17.1. The fourth-order valence-corrected chi connectivity index (χ4v) is 2.89. The molecule has 0 amide bonds. The highest BCUT2D eigenvalue weighted by atomic mass is 16.5. The fourth-order valence-electron chi connectivity index (χ4n) is 2.89. The molecule has 0 aliphatic carbocycles. The van der Waals surface area contributed by atoms with E-state index in [1.807, 2.05) is 30.3 Å². The molecular weight excluding hydrogens is 310 g/mol. The second kappa shape index (κ2) is 7.86. The molecule has 0 aromatic heterocycles. The summed E-state index contributed by atoms with van der Waals surface area (Å²) in [5.74, 6) is 1.73. The lowest BCUT2D eigenvalue weighted by atomic mass is 9.99. The Balaban J connectivity index is 1.87. The van der Waals surface area contributed by atoms with Gasteiger partial charge < -0.3 is 15.2 Å². The van der Waals surface area contributed by atoms with Gasteiger partial charge in [0.2, 0.25) is 0 Å². The molecule has 0 aliphatic heterocycles. The Bertz CT molecular complexity index is 827. The quantitative estimate of drug-likeness (QED) is 0.710. The summed E-state index contributed by atoms with van der Waals surface area (Å²) in [5, 5.41) is 0. The van der Waals surface area contributed by atoms with Crippen LogP contribution in [0.2, 0.25) is 0 Å². The molecule has 0 radical (unpaired) electrons. The van der Waals surface area contributed by atoms with Crippen LogP contribution in [0.4, 0.5) is 0 Å². The molecule has 3 rings (SSSR count). The van der Waals surface area contributed by atoms with E-state index in [4.69, 9.17) is 15.2 Å². The average molecular weight is 333 g/mol. The first-order chi connectivity index (χ1) is 12.2. The summed E-state index contributed by atoms with van der Waals surface area (Å²) < 4.78 is 11.3. The highest BCUT2D eigenvalue weighted by Gasteiger charge is 2.10. The lowest BCUT2D eigenvalue weighted by Crippen LogP contribution is -2.05. The Morgan fingerprint density at radius 1 is 0.880 bits per heavy atom. The van der Waals surface area contributed by atoms with Crippen molar-refractivity contribution < 1.29 is 9.47 Å². The molecule has 3 aromatic rings. The third kappa shape index (κ3) is 4.01. The molecule has 0 spiro atoms. The van der Waals surface area contributed by atoms with Gasteiger partial charge in [-0.05, 0) is 53.4 Å². The van der Waals surface area contributed by atoms with Crippen LogP contribution in [0.3, 0.4) is 0 Å². The van der Waals surface area contributed by atoms with E-state index >= 15 is 0 Å². The van der Waals surface area contributed by atoms with Gasteiger partial charge >= 0.3 is 0 Å². The van der Waals surface area contributed by atoms with Crippen molar-refractivity contribution in [3.63, 3.8) is 0 Å². The Labute approximate surface area is 149 Å². The number of aryl methyl sites for hydroxylation is 1. The van der Waals surface area contributed by atoms with Crippen LogP contribution in [0.25, 0.3) is 11.1 Å². The number of hydrogen-bond donors (Lipinski definition) is 1. The van der Waals surface area contributed by atoms with Crippen molar-refractivity contribution in [3.05, 3.63) is 83.4 Å². The predicted molar refractivity (Wildman–Crippen MR) is 102 cm³/mol. The van der Waals surface area contributed by atoms with Crippen LogP contribution in [0, 0.1) is 6.92 Å². The van der Waals surface area contributed by atoms with Crippen LogP contribution in [0.15, 0.2) is 66.7 Å². The van der Waals surface area contributed by atoms with E-state index in [1.165, 1.54) is 0 Å². The first-order valence-corrected chi connectivity index (χ1v) is 8.36. The van der Waals surface area contributed by atoms with Crippen molar-refractivity contribution in [1.82, 2.24) is 0 Å². The number of hydrogen-bond acceptors (Lipinski definition) is 3. The van der Waals surface area contributed by atoms with Crippen molar-refractivity contribution in [3.8, 4) is 22.6 Å². The van der Waals surface area contributed by atoms with Crippen molar-refractivity contribution >= 4 is 0 Å². The first-order valence-electron chi connectivity index (χ1n) is 8.36. The summed E-state index contributed by atoms with van der Waals surface area (Å²) in [6, 6.07) is 22.4. The van der Waals surface area contributed by atoms with Crippen molar-refractivity contribution in [2.24, 2.45) is 5.73 Å². The fraction of sp³-hybridized carbons (Fsp3) is 0.182. The van der Waals surface area contributed by atoms with Crippen LogP contribution in [-0.2, 0) is 13.2 Å². The Morgan fingerprint density at radius 3 is 2.24 bits per heavy atom. The van der Waals surface area contributed by atoms with Gasteiger partial charge in [-0.15, -0.1) is 0 Å². The molecular formula is C22H23NO2. The number of ether oxygens (including phenoxy) is 2. The third-order valence-electron chi connectivity index (χ3n) is 4.22. The zero-order valence-corrected chi connectivity index (χ0v) is 14.7. The van der Waals surface area contributed by atoms with Gasteiger partial charge in [0.25, 0.3) is 0 Å². The maximum absolute atomic E-state index is 6.07. The minimum atomic E-state index is 0.439. The van der Waals surface area contributed by atoms with Gasteiger partial charge in [-0.1, -0.05) is 42.5 Å². The van der Waals surface area contributed by atoms with E-state index < -0.39 is 0 Å². The molecule has 0 aliphatic rings. The Morgan fingerprint density at radius 2 is 1.60 bits per heavy atom. The molecule has 0 saturated carbocycles. The largest absolute Gasteiger partial charge is 0.497 e. The van der Waals surface area contributed by atoms with Gasteiger partial charge in [0.15, 0.2) is 0 Å². The lowest BCUT2D eigenvalue weighted by Gasteiger charge is -2.16. The molecule has 128 valence electrons. The van der Waals surface area contributed by atoms with Crippen LogP contribution in [0.5, 0.6) is 11.5 Å². The summed E-state index contributed by atoms with van der Waals surface area (Å²) in [6.07, 6.45) is 0. The maximum atomic E-state index is 6.07. The SMILES string of the molecule is COc1ccc(-c2cc(C)c(OCc3ccccc3)c(CN)c2)cc1. The molecule has 0 heterocycles. The molecule has 25 heavy (non-hydrogen) atoms. The molecule has 0 saturated heterocycles. The highest BCUT2D eigenvalue weighted by molar-refractivity contribution is 5.68. The lowest BCUT2D eigenvalue weighted by molar-refractivity contribution is 0.301. The molecule has 0 fully saturated rings. The summed E-state index contributed by atoms with van der Waals surface area (Å²) in [5.41, 5.74) is 11.5. The average Bonchev–Trinajstić information content (AvgIpc) is 2.67. The standard InChI is InChI=1S/C22H23NO2/c1-16-12-19(18-8-10-21(24-2)11-9-18)13-20(14-23)22(16)25-15-17-6-4-3-5-7-17/h3-13H,14-15,23H2,1-2H3. The maximum Gasteiger partial charge on any atom is 0.127 e. The van der Waals surface area contributed by atoms with Gasteiger partial charge in [-0.25, -0.2) is 0 Å². The van der Waals surface area contributed by atoms with E-state index in [2.05, 4.69) is 43.3 Å². The van der Waals surface area contributed by atoms with Crippen molar-refractivity contribution in [2.45, 2.75) is 20.1 Å². The topological polar surface area (TPSA) is 44.5 Å². The number of methoxy groups -OCH3 is 1. The summed E-state index contributed by atoms with van der Waals surface area (Å²) in [7, 11) is 1.67. The second-order valence-electron chi connectivity index (χ2n) is 5.99. The van der Waals surface area contributed by atoms with Crippen LogP contribution in [0.1, 0.15) is 16.7 Å². The predicted octanol–water partition coefficient (Wildman–Crippen LogP) is 4.71. The summed E-state index contributed by atoms with van der Waals surface area (Å²) >= 11 is 0. The van der Waals surface area contributed by atoms with E-state index in [-0.39, 0.29) is 0 Å². The van der Waals surface area contributed by atoms with Crippen LogP contribution >= 0.6 is 0 Å². The molecule has 3 heteroatoms. The third-order valence-corrected chi connectivity index (χ3v) is 4.22. The second-order valence-corrected chi connectivity index (χ2v) is 5.99. The molecule has 3 nitrogen and oxygen atoms in total. The van der Waals surface area contributed by atoms with Gasteiger partial charge in [-0.2, -0.15) is 0 Å². The highest BCUT2D eigenvalue weighted by Crippen LogP contribution is 2.31. The van der Waals surface area contributed by atoms with E-state index in [9.17, 15) is 0 Å². The molecule has 2 N–H and O–H groups in total. The number of rotatable bonds is 6. The van der Waals surface area contributed by atoms with Gasteiger partial charge in [-0.3, -0.25) is 0 Å². The summed E-state index contributed by atoms with van der Waals surface area (Å²) in [6.45, 7) is 3.04. The molecule has 0 unspecified atom stereocenters. The van der Waals surface area contributed by atoms with Gasteiger partial charge in [0.1, 0.15) is 18.1 Å². The minimum absolute atomic E-state index is 0.439. The van der Waals surface area contributed by atoms with Crippen LogP contribution < -0.4 is 15.2 Å². The normalized spacial score (nSPS) is 10.5. The molecule has 3 aromatic carbocycles. The van der Waals surface area contributed by atoms with Gasteiger partial charge in [0, 0.05) is 12.1 Å². The van der Waals surface area contributed by atoms with Crippen molar-refractivity contribution in [2.75, 3.05) is 7.11 Å². The van der Waals surface area contributed by atoms with E-state index in [1.54, 1.807) is 7.11 Å². The Hall–Kier alpha value is -2.78. The monoisotopic (exact) mass is 333 g/mol. The van der Waals surface area contributed by atoms with Crippen LogP contribution in [-0.4, -0.2) is 7.11 Å². The zero-order valence-electron chi connectivity index (χ0n) is 14.7. The Kier molecular flexibility index (Phi) is 5.36. The summed E-state index contributed by atoms with van der Waals surface area (Å²) in [4.78, 5) is 0. The minimum Gasteiger partial charge on any atom is -0.497 e. The smallest absolute Gasteiger partial charge is 0.127 e. The van der Waals surface area contributed by atoms with E-state index in [0.717, 1.165) is 39.3 Å². The van der Waals surface area contributed by atoms with E-state index in [0.29, 0.717) is 13.2 Å². The molecule has 0 bridgehead atoms.